The minimum atomic E-state index is -3.62. The Balaban J connectivity index is 2.36. The Labute approximate surface area is 142 Å². The van der Waals surface area contributed by atoms with Crippen molar-refractivity contribution in [2.24, 2.45) is 0 Å². The molecule has 0 radical (unpaired) electrons. The number of nitrogens with one attached hydrogen (secondary N) is 1. The average molecular weight is 347 g/mol. The number of aryl methyl sites for hydroxylation is 1. The third-order valence-electron chi connectivity index (χ3n) is 3.94. The number of nitrogens with zero attached hydrogens (tertiary/aromatic N) is 2. The Bertz CT molecular complexity index is 849. The third-order valence-corrected chi connectivity index (χ3v) is 5.48. The van der Waals surface area contributed by atoms with E-state index >= 15 is 0 Å². The molecule has 1 amide bonds. The zero-order chi connectivity index (χ0) is 17.9. The molecule has 0 saturated heterocycles. The van der Waals surface area contributed by atoms with E-state index in [0.717, 1.165) is 11.1 Å². The van der Waals surface area contributed by atoms with Crippen molar-refractivity contribution in [1.82, 2.24) is 14.6 Å². The topological polar surface area (TPSA) is 79.4 Å². The molecule has 0 spiro atoms. The fourth-order valence-electron chi connectivity index (χ4n) is 2.39. The van der Waals surface area contributed by atoms with E-state index in [-0.39, 0.29) is 10.8 Å². The van der Waals surface area contributed by atoms with E-state index in [1.54, 1.807) is 44.3 Å². The molecule has 0 aliphatic heterocycles. The molecule has 0 bridgehead atoms. The standard InChI is InChI=1S/C17H21N3O3S/c1-12-9-15(10-16(13(12)2)24(22,23)18-3)17(21)20(4)11-14-5-7-19-8-6-14/h5-10,18H,11H2,1-4H3. The minimum Gasteiger partial charge on any atom is -0.337 e. The van der Waals surface area contributed by atoms with Crippen LogP contribution in [0.1, 0.15) is 27.0 Å². The molecule has 0 aliphatic rings. The monoisotopic (exact) mass is 347 g/mol. The van der Waals surface area contributed by atoms with Gasteiger partial charge in [-0.1, -0.05) is 0 Å². The maximum absolute atomic E-state index is 12.7. The summed E-state index contributed by atoms with van der Waals surface area (Å²) in [6, 6.07) is 6.82. The number of sulfonamides is 1. The van der Waals surface area contributed by atoms with Gasteiger partial charge in [-0.3, -0.25) is 9.78 Å². The van der Waals surface area contributed by atoms with Crippen molar-refractivity contribution in [3.05, 3.63) is 58.9 Å². The van der Waals surface area contributed by atoms with Crippen molar-refractivity contribution in [1.29, 1.82) is 0 Å². The molecule has 0 aliphatic carbocycles. The summed E-state index contributed by atoms with van der Waals surface area (Å²) in [4.78, 5) is 18.3. The number of rotatable bonds is 5. The molecule has 0 unspecified atom stereocenters. The first kappa shape index (κ1) is 18.1. The molecule has 2 aromatic rings. The van der Waals surface area contributed by atoms with Crippen molar-refractivity contribution in [2.75, 3.05) is 14.1 Å². The van der Waals surface area contributed by atoms with Crippen LogP contribution in [-0.2, 0) is 16.6 Å². The van der Waals surface area contributed by atoms with Crippen LogP contribution in [0, 0.1) is 13.8 Å². The predicted molar refractivity (Wildman–Crippen MR) is 92.2 cm³/mol. The van der Waals surface area contributed by atoms with Gasteiger partial charge < -0.3 is 4.90 Å². The molecule has 2 rings (SSSR count). The summed E-state index contributed by atoms with van der Waals surface area (Å²) < 4.78 is 26.6. The van der Waals surface area contributed by atoms with Gasteiger partial charge in [0.1, 0.15) is 0 Å². The average Bonchev–Trinajstić information content (AvgIpc) is 2.57. The van der Waals surface area contributed by atoms with Crippen LogP contribution in [0.5, 0.6) is 0 Å². The van der Waals surface area contributed by atoms with E-state index in [0.29, 0.717) is 17.7 Å². The van der Waals surface area contributed by atoms with Crippen LogP contribution in [0.4, 0.5) is 0 Å². The number of hydrogen-bond acceptors (Lipinski definition) is 4. The second-order valence-corrected chi connectivity index (χ2v) is 7.50. The van der Waals surface area contributed by atoms with Crippen LogP contribution in [0.2, 0.25) is 0 Å². The molecular formula is C17H21N3O3S. The Morgan fingerprint density at radius 1 is 1.21 bits per heavy atom. The van der Waals surface area contributed by atoms with E-state index in [1.165, 1.54) is 13.1 Å². The van der Waals surface area contributed by atoms with Gasteiger partial charge in [0, 0.05) is 31.5 Å². The molecular weight excluding hydrogens is 326 g/mol. The minimum absolute atomic E-state index is 0.130. The van der Waals surface area contributed by atoms with Crippen molar-refractivity contribution in [3.8, 4) is 0 Å². The van der Waals surface area contributed by atoms with Crippen LogP contribution in [0.3, 0.4) is 0 Å². The number of pyridine rings is 1. The largest absolute Gasteiger partial charge is 0.337 e. The molecule has 1 N–H and O–H groups in total. The first-order valence-electron chi connectivity index (χ1n) is 7.45. The molecule has 1 aromatic heterocycles. The summed E-state index contributed by atoms with van der Waals surface area (Å²) >= 11 is 0. The lowest BCUT2D eigenvalue weighted by Crippen LogP contribution is -2.27. The second kappa shape index (κ2) is 7.11. The van der Waals surface area contributed by atoms with Gasteiger partial charge >= 0.3 is 0 Å². The van der Waals surface area contributed by atoms with Gasteiger partial charge in [0.25, 0.3) is 5.91 Å². The van der Waals surface area contributed by atoms with E-state index in [4.69, 9.17) is 0 Å². The van der Waals surface area contributed by atoms with Crippen LogP contribution >= 0.6 is 0 Å². The maximum atomic E-state index is 12.7. The van der Waals surface area contributed by atoms with Crippen molar-refractivity contribution >= 4 is 15.9 Å². The predicted octanol–water partition coefficient (Wildman–Crippen LogP) is 1.88. The smallest absolute Gasteiger partial charge is 0.253 e. The van der Waals surface area contributed by atoms with Crippen LogP contribution in [0.15, 0.2) is 41.6 Å². The quantitative estimate of drug-likeness (QED) is 0.896. The molecule has 24 heavy (non-hydrogen) atoms. The molecule has 0 atom stereocenters. The Morgan fingerprint density at radius 2 is 1.83 bits per heavy atom. The summed E-state index contributed by atoms with van der Waals surface area (Å²) in [6.45, 7) is 3.94. The number of carbonyl (C=O) groups excluding carboxylic acids is 1. The van der Waals surface area contributed by atoms with Crippen LogP contribution < -0.4 is 4.72 Å². The first-order valence-corrected chi connectivity index (χ1v) is 8.93. The molecule has 1 aromatic carbocycles. The number of carbonyl (C=O) groups is 1. The number of aromatic nitrogens is 1. The van der Waals surface area contributed by atoms with Gasteiger partial charge in [0.05, 0.1) is 4.90 Å². The van der Waals surface area contributed by atoms with E-state index in [1.807, 2.05) is 12.1 Å². The zero-order valence-corrected chi connectivity index (χ0v) is 15.0. The van der Waals surface area contributed by atoms with Gasteiger partial charge in [-0.2, -0.15) is 0 Å². The summed E-state index contributed by atoms with van der Waals surface area (Å²) in [7, 11) is -0.581. The molecule has 7 heteroatoms. The molecule has 6 nitrogen and oxygen atoms in total. The second-order valence-electron chi connectivity index (χ2n) is 5.64. The number of amides is 1. The van der Waals surface area contributed by atoms with E-state index < -0.39 is 10.0 Å². The van der Waals surface area contributed by atoms with Crippen LogP contribution in [0.25, 0.3) is 0 Å². The summed E-state index contributed by atoms with van der Waals surface area (Å²) in [5, 5.41) is 0. The molecule has 1 heterocycles. The Hall–Kier alpha value is -2.25. The normalized spacial score (nSPS) is 11.3. The third kappa shape index (κ3) is 3.80. The molecule has 128 valence electrons. The highest BCUT2D eigenvalue weighted by Crippen LogP contribution is 2.22. The van der Waals surface area contributed by atoms with Crippen molar-refractivity contribution < 1.29 is 13.2 Å². The van der Waals surface area contributed by atoms with Gasteiger partial charge in [-0.15, -0.1) is 0 Å². The van der Waals surface area contributed by atoms with Crippen LogP contribution in [-0.4, -0.2) is 38.3 Å². The van der Waals surface area contributed by atoms with E-state index in [2.05, 4.69) is 9.71 Å². The maximum Gasteiger partial charge on any atom is 0.253 e. The fraction of sp³-hybridized carbons (Fsp3) is 0.294. The summed E-state index contributed by atoms with van der Waals surface area (Å²) in [6.07, 6.45) is 3.34. The number of hydrogen-bond donors (Lipinski definition) is 1. The van der Waals surface area contributed by atoms with Gasteiger partial charge in [-0.25, -0.2) is 13.1 Å². The highest BCUT2D eigenvalue weighted by atomic mass is 32.2. The highest BCUT2D eigenvalue weighted by molar-refractivity contribution is 7.89. The lowest BCUT2D eigenvalue weighted by molar-refractivity contribution is 0.0784. The van der Waals surface area contributed by atoms with Crippen molar-refractivity contribution in [2.45, 2.75) is 25.3 Å². The molecule has 0 fully saturated rings. The van der Waals surface area contributed by atoms with Gasteiger partial charge in [0.2, 0.25) is 10.0 Å². The number of benzene rings is 1. The lowest BCUT2D eigenvalue weighted by atomic mass is 10.1. The summed E-state index contributed by atoms with van der Waals surface area (Å²) in [5.41, 5.74) is 2.70. The van der Waals surface area contributed by atoms with E-state index in [9.17, 15) is 13.2 Å². The zero-order valence-electron chi connectivity index (χ0n) is 14.2. The lowest BCUT2D eigenvalue weighted by Gasteiger charge is -2.19. The Morgan fingerprint density at radius 3 is 2.42 bits per heavy atom. The van der Waals surface area contributed by atoms with Gasteiger partial charge in [0.15, 0.2) is 0 Å². The summed E-state index contributed by atoms with van der Waals surface area (Å²) in [5.74, 6) is -0.234. The van der Waals surface area contributed by atoms with Gasteiger partial charge in [-0.05, 0) is 61.9 Å². The highest BCUT2D eigenvalue weighted by Gasteiger charge is 2.21. The van der Waals surface area contributed by atoms with Crippen molar-refractivity contribution in [3.63, 3.8) is 0 Å². The first-order chi connectivity index (χ1) is 11.3. The Kier molecular flexibility index (Phi) is 5.36. The molecule has 0 saturated carbocycles. The fourth-order valence-corrected chi connectivity index (χ4v) is 3.46. The SMILES string of the molecule is CNS(=O)(=O)c1cc(C(=O)N(C)Cc2ccncc2)cc(C)c1C.